The molecule has 0 fully saturated rings. The van der Waals surface area contributed by atoms with Crippen molar-refractivity contribution in [1.82, 2.24) is 10.0 Å². The van der Waals surface area contributed by atoms with Crippen molar-refractivity contribution in [3.8, 4) is 5.75 Å². The third kappa shape index (κ3) is 5.44. The molecule has 0 bridgehead atoms. The first-order chi connectivity index (χ1) is 11.7. The van der Waals surface area contributed by atoms with Crippen molar-refractivity contribution >= 4 is 29.0 Å². The molecule has 1 atom stereocenters. The van der Waals surface area contributed by atoms with Gasteiger partial charge in [0.1, 0.15) is 5.75 Å². The van der Waals surface area contributed by atoms with Crippen molar-refractivity contribution in [2.45, 2.75) is 25.2 Å². The number of carbonyl (C=O) groups is 2. The van der Waals surface area contributed by atoms with Crippen LogP contribution in [-0.4, -0.2) is 56.3 Å². The maximum Gasteiger partial charge on any atom is 0.547 e. The molecule has 11 heteroatoms. The molecule has 2 rings (SSSR count). The van der Waals surface area contributed by atoms with E-state index in [1.165, 1.54) is 6.07 Å². The van der Waals surface area contributed by atoms with Crippen LogP contribution in [0.4, 0.5) is 0 Å². The second kappa shape index (κ2) is 7.85. The lowest BCUT2D eigenvalue weighted by Gasteiger charge is -2.28. The lowest BCUT2D eigenvalue weighted by atomic mass is 9.72. The maximum atomic E-state index is 11.9. The molecule has 4 N–H and O–H groups in total. The van der Waals surface area contributed by atoms with Crippen molar-refractivity contribution in [2.75, 3.05) is 12.8 Å². The summed E-state index contributed by atoms with van der Waals surface area (Å²) in [6, 6.07) is 4.61. The molecule has 0 aliphatic carbocycles. The van der Waals surface area contributed by atoms with E-state index in [9.17, 15) is 23.0 Å². The number of carboxylic acid groups (broad SMARTS) is 1. The van der Waals surface area contributed by atoms with Gasteiger partial charge < -0.3 is 20.1 Å². The van der Waals surface area contributed by atoms with Gasteiger partial charge in [0.15, 0.2) is 0 Å². The number of carbonyl (C=O) groups excluding carboxylic acids is 1. The van der Waals surface area contributed by atoms with Crippen molar-refractivity contribution in [1.29, 1.82) is 0 Å². The zero-order valence-electron chi connectivity index (χ0n) is 13.6. The molecule has 1 heterocycles. The Morgan fingerprint density at radius 2 is 2.12 bits per heavy atom. The average Bonchev–Trinajstić information content (AvgIpc) is 2.50. The molecule has 1 aliphatic heterocycles. The Labute approximate surface area is 145 Å². The van der Waals surface area contributed by atoms with Gasteiger partial charge in [0.25, 0.3) is 0 Å². The van der Waals surface area contributed by atoms with Gasteiger partial charge in [-0.2, -0.15) is 0 Å². The number of hydrogen-bond acceptors (Lipinski definition) is 6. The number of para-hydroxylation sites is 1. The minimum Gasteiger partial charge on any atom is -0.534 e. The largest absolute Gasteiger partial charge is 0.547 e. The van der Waals surface area contributed by atoms with Crippen LogP contribution in [-0.2, 0) is 21.2 Å². The van der Waals surface area contributed by atoms with E-state index in [2.05, 4.69) is 10.0 Å². The molecule has 136 valence electrons. The predicted octanol–water partition coefficient (Wildman–Crippen LogP) is -0.846. The molecule has 0 saturated carbocycles. The highest BCUT2D eigenvalue weighted by Gasteiger charge is 2.37. The Morgan fingerprint density at radius 1 is 1.40 bits per heavy atom. The first-order valence-corrected chi connectivity index (χ1v) is 9.50. The van der Waals surface area contributed by atoms with Crippen LogP contribution in [0.3, 0.4) is 0 Å². The summed E-state index contributed by atoms with van der Waals surface area (Å²) in [7, 11) is -4.66. The smallest absolute Gasteiger partial charge is 0.534 e. The summed E-state index contributed by atoms with van der Waals surface area (Å²) in [6.07, 6.45) is 1.65. The number of rotatable bonds is 7. The number of fused-ring (bicyclic) bond motifs is 1. The van der Waals surface area contributed by atoms with Crippen LogP contribution in [0.2, 0.25) is 0 Å². The second-order valence-corrected chi connectivity index (χ2v) is 7.59. The van der Waals surface area contributed by atoms with Crippen LogP contribution in [0, 0.1) is 0 Å². The van der Waals surface area contributed by atoms with Gasteiger partial charge in [-0.05, 0) is 24.5 Å². The van der Waals surface area contributed by atoms with E-state index in [0.29, 0.717) is 12.0 Å². The van der Waals surface area contributed by atoms with E-state index in [0.717, 1.165) is 6.26 Å². The van der Waals surface area contributed by atoms with E-state index in [-0.39, 0.29) is 36.6 Å². The zero-order chi connectivity index (χ0) is 18.6. The summed E-state index contributed by atoms with van der Waals surface area (Å²) in [4.78, 5) is 23.1. The van der Waals surface area contributed by atoms with Crippen molar-refractivity contribution in [2.24, 2.45) is 0 Å². The lowest BCUT2D eigenvalue weighted by molar-refractivity contribution is -0.121. The average molecular weight is 370 g/mol. The Hall–Kier alpha value is -2.11. The first kappa shape index (κ1) is 19.2. The topological polar surface area (TPSA) is 142 Å². The summed E-state index contributed by atoms with van der Waals surface area (Å²) < 4.78 is 29.4. The van der Waals surface area contributed by atoms with Gasteiger partial charge in [0, 0.05) is 13.0 Å². The minimum atomic E-state index is -3.29. The number of amides is 1. The Morgan fingerprint density at radius 3 is 2.76 bits per heavy atom. The van der Waals surface area contributed by atoms with E-state index in [1.807, 2.05) is 0 Å². The predicted molar refractivity (Wildman–Crippen MR) is 89.7 cm³/mol. The molecule has 0 radical (unpaired) electrons. The Bertz CT molecular complexity index is 768. The van der Waals surface area contributed by atoms with Gasteiger partial charge >= 0.3 is 13.1 Å². The third-order valence-electron chi connectivity index (χ3n) is 3.64. The standard InChI is InChI=1S/C14H19BN2O7S/c1-25(22,23)16-7-3-6-12(18)17-11-8-9-4-2-5-10(14(19)20)13(9)24-15(11)21/h2,4-5,11,16,21H,3,6-8H2,1H3,(H,17,18)(H,19,20)/t11-/m0/s1. The summed E-state index contributed by atoms with van der Waals surface area (Å²) in [5.41, 5.74) is 0.530. The molecule has 0 aromatic heterocycles. The minimum absolute atomic E-state index is 0.0480. The quantitative estimate of drug-likeness (QED) is 0.362. The van der Waals surface area contributed by atoms with Crippen LogP contribution < -0.4 is 14.7 Å². The van der Waals surface area contributed by atoms with Gasteiger partial charge in [-0.1, -0.05) is 12.1 Å². The van der Waals surface area contributed by atoms with E-state index in [4.69, 9.17) is 9.76 Å². The van der Waals surface area contributed by atoms with Crippen LogP contribution >= 0.6 is 0 Å². The number of nitrogens with one attached hydrogen (secondary N) is 2. The van der Waals surface area contributed by atoms with Gasteiger partial charge in [0.05, 0.1) is 17.8 Å². The number of aromatic carboxylic acids is 1. The van der Waals surface area contributed by atoms with Crippen LogP contribution in [0.15, 0.2) is 18.2 Å². The van der Waals surface area contributed by atoms with Crippen molar-refractivity contribution in [3.05, 3.63) is 29.3 Å². The van der Waals surface area contributed by atoms with Gasteiger partial charge in [0.2, 0.25) is 15.9 Å². The number of carboxylic acids is 1. The van der Waals surface area contributed by atoms with E-state index >= 15 is 0 Å². The van der Waals surface area contributed by atoms with Crippen LogP contribution in [0.5, 0.6) is 5.75 Å². The molecule has 0 unspecified atom stereocenters. The van der Waals surface area contributed by atoms with Gasteiger partial charge in [-0.25, -0.2) is 17.9 Å². The molecule has 1 amide bonds. The summed E-state index contributed by atoms with van der Waals surface area (Å²) in [5.74, 6) is -2.14. The number of sulfonamides is 1. The molecule has 1 aromatic carbocycles. The molecular weight excluding hydrogens is 351 g/mol. The van der Waals surface area contributed by atoms with Crippen molar-refractivity contribution < 1.29 is 32.8 Å². The highest BCUT2D eigenvalue weighted by Crippen LogP contribution is 2.30. The monoisotopic (exact) mass is 370 g/mol. The summed E-state index contributed by atoms with van der Waals surface area (Å²) >= 11 is 0. The fourth-order valence-corrected chi connectivity index (χ4v) is 3.02. The molecule has 0 saturated heterocycles. The summed E-state index contributed by atoms with van der Waals surface area (Å²) in [5, 5.41) is 21.8. The molecular formula is C14H19BN2O7S. The Kier molecular flexibility index (Phi) is 6.04. The van der Waals surface area contributed by atoms with Gasteiger partial charge in [-0.15, -0.1) is 0 Å². The van der Waals surface area contributed by atoms with E-state index in [1.54, 1.807) is 12.1 Å². The lowest BCUT2D eigenvalue weighted by Crippen LogP contribution is -2.53. The van der Waals surface area contributed by atoms with E-state index < -0.39 is 29.1 Å². The van der Waals surface area contributed by atoms with Crippen LogP contribution in [0.1, 0.15) is 28.8 Å². The molecule has 0 spiro atoms. The normalized spacial score (nSPS) is 16.7. The third-order valence-corrected chi connectivity index (χ3v) is 4.37. The zero-order valence-corrected chi connectivity index (χ0v) is 14.4. The molecule has 9 nitrogen and oxygen atoms in total. The van der Waals surface area contributed by atoms with Crippen molar-refractivity contribution in [3.63, 3.8) is 0 Å². The SMILES string of the molecule is CS(=O)(=O)NCCCC(=O)N[C@H]1Cc2cccc(C(=O)O)c2OB1O. The Balaban J connectivity index is 1.93. The first-order valence-electron chi connectivity index (χ1n) is 7.61. The molecule has 25 heavy (non-hydrogen) atoms. The fraction of sp³-hybridized carbons (Fsp3) is 0.429. The van der Waals surface area contributed by atoms with Crippen LogP contribution in [0.25, 0.3) is 0 Å². The van der Waals surface area contributed by atoms with Gasteiger partial charge in [-0.3, -0.25) is 4.79 Å². The highest BCUT2D eigenvalue weighted by molar-refractivity contribution is 7.88. The molecule has 1 aliphatic rings. The highest BCUT2D eigenvalue weighted by atomic mass is 32.2. The fourth-order valence-electron chi connectivity index (χ4n) is 2.50. The number of benzene rings is 1. The summed E-state index contributed by atoms with van der Waals surface area (Å²) in [6.45, 7) is 0.140. The second-order valence-electron chi connectivity index (χ2n) is 5.76. The maximum absolute atomic E-state index is 11.9. The molecule has 1 aromatic rings. The number of hydrogen-bond donors (Lipinski definition) is 4.